The Labute approximate surface area is 197 Å². The third-order valence-electron chi connectivity index (χ3n) is 5.52. The van der Waals surface area contributed by atoms with Crippen molar-refractivity contribution in [1.82, 2.24) is 24.5 Å². The summed E-state index contributed by atoms with van der Waals surface area (Å²) in [4.78, 5) is 16.3. The lowest BCUT2D eigenvalue weighted by Crippen LogP contribution is -2.04. The van der Waals surface area contributed by atoms with Gasteiger partial charge in [0, 0.05) is 34.8 Å². The van der Waals surface area contributed by atoms with Crippen LogP contribution in [0.3, 0.4) is 0 Å². The van der Waals surface area contributed by atoms with Crippen LogP contribution >= 0.6 is 0 Å². The predicted molar refractivity (Wildman–Crippen MR) is 125 cm³/mol. The molecule has 0 aliphatic carbocycles. The molecule has 176 valence electrons. The summed E-state index contributed by atoms with van der Waals surface area (Å²) in [5.41, 5.74) is 13.6. The van der Waals surface area contributed by atoms with E-state index in [-0.39, 0.29) is 40.2 Å². The summed E-state index contributed by atoms with van der Waals surface area (Å²) >= 11 is 0. The second-order valence-electron chi connectivity index (χ2n) is 7.79. The molecule has 8 nitrogen and oxygen atoms in total. The van der Waals surface area contributed by atoms with Gasteiger partial charge in [0.1, 0.15) is 11.8 Å². The molecule has 0 atom stereocenters. The minimum Gasteiger partial charge on any atom is -0.421 e. The van der Waals surface area contributed by atoms with Gasteiger partial charge in [-0.15, -0.1) is 0 Å². The zero-order chi connectivity index (χ0) is 24.9. The number of hydrogen-bond acceptors (Lipinski definition) is 7. The first-order chi connectivity index (χ1) is 16.8. The summed E-state index contributed by atoms with van der Waals surface area (Å²) in [7, 11) is 0. The number of ether oxygens (including phenoxy) is 1. The Bertz CT molecular complexity index is 1620. The monoisotopic (exact) mass is 477 g/mol. The van der Waals surface area contributed by atoms with Crippen LogP contribution in [0.1, 0.15) is 11.3 Å². The number of aromatic nitrogens is 5. The smallest absolute Gasteiger partial charge is 0.322 e. The van der Waals surface area contributed by atoms with Crippen molar-refractivity contribution >= 4 is 22.5 Å². The second-order valence-corrected chi connectivity index (χ2v) is 7.79. The van der Waals surface area contributed by atoms with Crippen LogP contribution in [0.25, 0.3) is 28.0 Å². The number of fused-ring (bicyclic) bond motifs is 1. The molecule has 0 unspecified atom stereocenters. The summed E-state index contributed by atoms with van der Waals surface area (Å²) in [5.74, 6) is -3.12. The molecule has 0 saturated heterocycles. The van der Waals surface area contributed by atoms with Gasteiger partial charge < -0.3 is 20.8 Å². The highest BCUT2D eigenvalue weighted by Gasteiger charge is 2.25. The van der Waals surface area contributed by atoms with Gasteiger partial charge in [-0.25, -0.2) is 33.1 Å². The molecule has 35 heavy (non-hydrogen) atoms. The molecular formula is C24H18F3N7O. The van der Waals surface area contributed by atoms with E-state index in [0.29, 0.717) is 22.3 Å². The van der Waals surface area contributed by atoms with Crippen LogP contribution in [-0.4, -0.2) is 24.5 Å². The number of nitrogens with two attached hydrogens (primary N) is 2. The lowest BCUT2D eigenvalue weighted by molar-refractivity contribution is 0.410. The van der Waals surface area contributed by atoms with E-state index in [1.165, 1.54) is 47.4 Å². The van der Waals surface area contributed by atoms with Crippen LogP contribution < -0.4 is 16.2 Å². The number of rotatable bonds is 4. The van der Waals surface area contributed by atoms with E-state index in [0.717, 1.165) is 0 Å². The number of anilines is 2. The molecule has 0 bridgehead atoms. The molecule has 3 aromatic heterocycles. The number of hydrogen-bond donors (Lipinski definition) is 2. The Morgan fingerprint density at radius 1 is 0.914 bits per heavy atom. The first kappa shape index (κ1) is 22.1. The minimum atomic E-state index is -1.19. The van der Waals surface area contributed by atoms with Crippen molar-refractivity contribution in [2.75, 3.05) is 11.5 Å². The van der Waals surface area contributed by atoms with E-state index in [4.69, 9.17) is 16.2 Å². The molecule has 2 aromatic carbocycles. The number of nitrogen functional groups attached to an aromatic ring is 2. The Hall–Kier alpha value is -4.67. The normalized spacial score (nSPS) is 11.2. The van der Waals surface area contributed by atoms with Crippen LogP contribution in [0.2, 0.25) is 0 Å². The second kappa shape index (κ2) is 8.28. The van der Waals surface area contributed by atoms with Gasteiger partial charge in [-0.1, -0.05) is 0 Å². The van der Waals surface area contributed by atoms with E-state index >= 15 is 8.78 Å². The first-order valence-electron chi connectivity index (χ1n) is 10.4. The summed E-state index contributed by atoms with van der Waals surface area (Å²) in [6.07, 6.45) is 2.76. The highest BCUT2D eigenvalue weighted by Crippen LogP contribution is 2.39. The van der Waals surface area contributed by atoms with Gasteiger partial charge in [-0.2, -0.15) is 0 Å². The van der Waals surface area contributed by atoms with Gasteiger partial charge in [-0.3, -0.25) is 0 Å². The molecule has 11 heteroatoms. The zero-order valence-electron chi connectivity index (χ0n) is 18.6. The third kappa shape index (κ3) is 3.66. The minimum absolute atomic E-state index is 0.0170. The van der Waals surface area contributed by atoms with Gasteiger partial charge in [0.05, 0.1) is 16.9 Å². The fourth-order valence-corrected chi connectivity index (χ4v) is 3.89. The highest BCUT2D eigenvalue weighted by molar-refractivity contribution is 5.96. The molecule has 0 spiro atoms. The lowest BCUT2D eigenvalue weighted by Gasteiger charge is -2.15. The first-order valence-corrected chi connectivity index (χ1v) is 10.4. The summed E-state index contributed by atoms with van der Waals surface area (Å²) < 4.78 is 51.5. The van der Waals surface area contributed by atoms with E-state index < -0.39 is 17.5 Å². The van der Waals surface area contributed by atoms with Gasteiger partial charge in [0.25, 0.3) is 0 Å². The topological polar surface area (TPSA) is 118 Å². The van der Waals surface area contributed by atoms with Crippen molar-refractivity contribution in [3.8, 4) is 28.7 Å². The third-order valence-corrected chi connectivity index (χ3v) is 5.52. The average Bonchev–Trinajstić information content (AvgIpc) is 3.12. The molecule has 0 amide bonds. The van der Waals surface area contributed by atoms with Crippen LogP contribution in [0, 0.1) is 31.3 Å². The van der Waals surface area contributed by atoms with E-state index in [2.05, 4.69) is 19.9 Å². The average molecular weight is 477 g/mol. The number of halogens is 3. The zero-order valence-corrected chi connectivity index (χ0v) is 18.6. The maximum absolute atomic E-state index is 15.2. The lowest BCUT2D eigenvalue weighted by atomic mass is 10.1. The molecule has 5 aromatic rings. The van der Waals surface area contributed by atoms with Gasteiger partial charge in [0.2, 0.25) is 0 Å². The molecule has 5 rings (SSSR count). The van der Waals surface area contributed by atoms with Crippen molar-refractivity contribution in [2.24, 2.45) is 0 Å². The Balaban J connectivity index is 1.73. The van der Waals surface area contributed by atoms with Crippen LogP contribution in [-0.2, 0) is 0 Å². The standard InChI is InChI=1S/C24H18F3N7O/c1-11-7-8-30-24(33-11)35-17-6-3-13(9-15(17)25)34-21(14-4-5-16(28)19(27)18(14)26)12(2)20-22(34)23(29)32-10-31-20/h3-10H,28H2,1-2H3,(H2,29,31,32). The number of aryl methyl sites for hydroxylation is 2. The van der Waals surface area contributed by atoms with Crippen LogP contribution in [0.4, 0.5) is 24.7 Å². The van der Waals surface area contributed by atoms with Crippen LogP contribution in [0.5, 0.6) is 11.8 Å². The Morgan fingerprint density at radius 2 is 1.71 bits per heavy atom. The maximum Gasteiger partial charge on any atom is 0.322 e. The molecule has 0 saturated carbocycles. The van der Waals surface area contributed by atoms with Crippen molar-refractivity contribution in [3.63, 3.8) is 0 Å². The summed E-state index contributed by atoms with van der Waals surface area (Å²) in [6, 6.07) is 8.35. The van der Waals surface area contributed by atoms with Crippen molar-refractivity contribution < 1.29 is 17.9 Å². The fourth-order valence-electron chi connectivity index (χ4n) is 3.89. The molecule has 0 aliphatic rings. The van der Waals surface area contributed by atoms with Gasteiger partial charge in [0.15, 0.2) is 29.0 Å². The van der Waals surface area contributed by atoms with E-state index in [1.807, 2.05) is 0 Å². The quantitative estimate of drug-likeness (QED) is 0.355. The number of nitrogens with zero attached hydrogens (tertiary/aromatic N) is 5. The predicted octanol–water partition coefficient (Wildman–Crippen LogP) is 4.87. The molecule has 3 heterocycles. The van der Waals surface area contributed by atoms with Gasteiger partial charge >= 0.3 is 6.01 Å². The molecule has 0 radical (unpaired) electrons. The summed E-state index contributed by atoms with van der Waals surface area (Å²) in [5, 5.41) is 0. The highest BCUT2D eigenvalue weighted by atomic mass is 19.2. The van der Waals surface area contributed by atoms with Crippen molar-refractivity contribution in [2.45, 2.75) is 13.8 Å². The Morgan fingerprint density at radius 3 is 2.46 bits per heavy atom. The van der Waals surface area contributed by atoms with Crippen molar-refractivity contribution in [1.29, 1.82) is 0 Å². The molecule has 0 fully saturated rings. The molecule has 0 aliphatic heterocycles. The summed E-state index contributed by atoms with van der Waals surface area (Å²) in [6.45, 7) is 3.43. The molecular weight excluding hydrogens is 459 g/mol. The Kier molecular flexibility index (Phi) is 5.24. The molecule has 4 N–H and O–H groups in total. The largest absolute Gasteiger partial charge is 0.421 e. The SMILES string of the molecule is Cc1ccnc(Oc2ccc(-n3c(-c4ccc(N)c(F)c4F)c(C)c4ncnc(N)c43)cc2F)n1. The number of benzene rings is 2. The van der Waals surface area contributed by atoms with Gasteiger partial charge in [-0.05, 0) is 44.2 Å². The maximum atomic E-state index is 15.2. The van der Waals surface area contributed by atoms with E-state index in [1.54, 1.807) is 19.9 Å². The van der Waals surface area contributed by atoms with Crippen LogP contribution in [0.15, 0.2) is 48.9 Å². The van der Waals surface area contributed by atoms with Crippen molar-refractivity contribution in [3.05, 3.63) is 77.6 Å². The fraction of sp³-hybridized carbons (Fsp3) is 0.0833. The van der Waals surface area contributed by atoms with E-state index in [9.17, 15) is 4.39 Å².